The highest BCUT2D eigenvalue weighted by Gasteiger charge is 2.32. The molecule has 0 aromatic heterocycles. The molecule has 6 nitrogen and oxygen atoms in total. The monoisotopic (exact) mass is 443 g/mol. The first-order valence-electron chi connectivity index (χ1n) is 11.8. The Morgan fingerprint density at radius 1 is 1.06 bits per heavy atom. The van der Waals surface area contributed by atoms with E-state index in [-0.39, 0.29) is 18.5 Å². The van der Waals surface area contributed by atoms with Crippen LogP contribution in [0.2, 0.25) is 0 Å². The van der Waals surface area contributed by atoms with E-state index in [1.807, 2.05) is 13.8 Å². The van der Waals surface area contributed by atoms with E-state index in [2.05, 4.69) is 11.4 Å². The lowest BCUT2D eigenvalue weighted by atomic mass is 9.94. The van der Waals surface area contributed by atoms with Gasteiger partial charge in [-0.25, -0.2) is 4.79 Å². The number of benzene rings is 1. The molecule has 3 rings (SSSR count). The zero-order valence-electron chi connectivity index (χ0n) is 20.0. The Balaban J connectivity index is 1.64. The first kappa shape index (κ1) is 24.1. The fraction of sp³-hybridized carbons (Fsp3) is 0.615. The Morgan fingerprint density at radius 3 is 2.38 bits per heavy atom. The summed E-state index contributed by atoms with van der Waals surface area (Å²) in [6.45, 7) is 4.23. The quantitative estimate of drug-likeness (QED) is 0.443. The highest BCUT2D eigenvalue weighted by atomic mass is 16.5. The molecule has 2 aliphatic rings. The van der Waals surface area contributed by atoms with Gasteiger partial charge in [0, 0.05) is 23.6 Å². The van der Waals surface area contributed by atoms with Gasteiger partial charge in [0.15, 0.2) is 0 Å². The van der Waals surface area contributed by atoms with Crippen molar-refractivity contribution < 1.29 is 23.8 Å². The van der Waals surface area contributed by atoms with Crippen LogP contribution in [0.1, 0.15) is 91.8 Å². The summed E-state index contributed by atoms with van der Waals surface area (Å²) in [6, 6.07) is 0.328. The van der Waals surface area contributed by atoms with Crippen molar-refractivity contribution >= 4 is 11.9 Å². The maximum absolute atomic E-state index is 12.5. The van der Waals surface area contributed by atoms with Crippen LogP contribution in [-0.2, 0) is 22.6 Å². The minimum absolute atomic E-state index is 0.134. The molecular formula is C26H37NO5. The van der Waals surface area contributed by atoms with Crippen molar-refractivity contribution in [2.75, 3.05) is 14.2 Å². The number of rotatable bonds is 8. The molecule has 0 spiro atoms. The second kappa shape index (κ2) is 11.4. The van der Waals surface area contributed by atoms with Gasteiger partial charge in [0.05, 0.1) is 14.2 Å². The third-order valence-electron chi connectivity index (χ3n) is 6.70. The maximum Gasteiger partial charge on any atom is 0.342 e. The minimum Gasteiger partial charge on any atom is -0.496 e. The topological polar surface area (TPSA) is 73.9 Å². The predicted molar refractivity (Wildman–Crippen MR) is 124 cm³/mol. The Hall–Kier alpha value is -2.50. The fourth-order valence-corrected chi connectivity index (χ4v) is 4.82. The molecule has 6 heteroatoms. The molecule has 0 radical (unpaired) electrons. The van der Waals surface area contributed by atoms with E-state index in [1.54, 1.807) is 14.2 Å². The van der Waals surface area contributed by atoms with Gasteiger partial charge in [-0.15, -0.1) is 0 Å². The molecular weight excluding hydrogens is 406 g/mol. The molecule has 1 aliphatic heterocycles. The number of allylic oxidation sites excluding steroid dienone is 2. The van der Waals surface area contributed by atoms with Gasteiger partial charge < -0.3 is 19.5 Å². The van der Waals surface area contributed by atoms with Crippen molar-refractivity contribution in [3.8, 4) is 11.5 Å². The summed E-state index contributed by atoms with van der Waals surface area (Å²) in [4.78, 5) is 24.7. The molecule has 176 valence electrons. The van der Waals surface area contributed by atoms with Crippen molar-refractivity contribution in [1.82, 2.24) is 5.32 Å². The van der Waals surface area contributed by atoms with E-state index >= 15 is 0 Å². The zero-order valence-corrected chi connectivity index (χ0v) is 20.0. The third kappa shape index (κ3) is 5.64. The number of carbonyl (C=O) groups excluding carboxylic acids is 2. The molecule has 0 atom stereocenters. The molecule has 1 amide bonds. The lowest BCUT2D eigenvalue weighted by molar-refractivity contribution is -0.121. The van der Waals surface area contributed by atoms with Crippen LogP contribution in [-0.4, -0.2) is 32.1 Å². The molecule has 0 saturated heterocycles. The van der Waals surface area contributed by atoms with E-state index in [0.29, 0.717) is 36.6 Å². The van der Waals surface area contributed by atoms with E-state index < -0.39 is 0 Å². The van der Waals surface area contributed by atoms with Crippen LogP contribution in [0, 0.1) is 6.92 Å². The van der Waals surface area contributed by atoms with Crippen LogP contribution in [0.3, 0.4) is 0 Å². The van der Waals surface area contributed by atoms with Crippen LogP contribution in [0.15, 0.2) is 11.6 Å². The summed E-state index contributed by atoms with van der Waals surface area (Å²) in [6.07, 6.45) is 12.3. The second-order valence-corrected chi connectivity index (χ2v) is 8.96. The number of carbonyl (C=O) groups is 2. The standard InChI is InChI=1S/C26H37NO5/c1-17(13-15-22(28)27-19-10-8-6-5-7-9-11-19)12-14-20-24(30-3)18(2)21-16-32-26(29)23(21)25(20)31-4/h12,19H,5-11,13-16H2,1-4H3,(H,27,28). The summed E-state index contributed by atoms with van der Waals surface area (Å²) in [7, 11) is 3.20. The highest BCUT2D eigenvalue weighted by molar-refractivity contribution is 5.98. The van der Waals surface area contributed by atoms with E-state index in [9.17, 15) is 9.59 Å². The fourth-order valence-electron chi connectivity index (χ4n) is 4.82. The van der Waals surface area contributed by atoms with Crippen molar-refractivity contribution in [1.29, 1.82) is 0 Å². The number of nitrogens with one attached hydrogen (secondary N) is 1. The summed E-state index contributed by atoms with van der Waals surface area (Å²) < 4.78 is 16.5. The molecule has 1 aliphatic carbocycles. The minimum atomic E-state index is -0.351. The third-order valence-corrected chi connectivity index (χ3v) is 6.70. The molecule has 1 N–H and O–H groups in total. The van der Waals surface area contributed by atoms with E-state index in [4.69, 9.17) is 14.2 Å². The number of amides is 1. The maximum atomic E-state index is 12.5. The Morgan fingerprint density at radius 2 is 1.72 bits per heavy atom. The molecule has 1 aromatic carbocycles. The van der Waals surface area contributed by atoms with Gasteiger partial charge in [-0.05, 0) is 45.1 Å². The van der Waals surface area contributed by atoms with Crippen molar-refractivity contribution in [3.63, 3.8) is 0 Å². The average Bonchev–Trinajstić information content (AvgIpc) is 3.14. The zero-order chi connectivity index (χ0) is 23.1. The normalized spacial score (nSPS) is 17.2. The van der Waals surface area contributed by atoms with E-state index in [0.717, 1.165) is 40.9 Å². The average molecular weight is 444 g/mol. The Kier molecular flexibility index (Phi) is 8.60. The van der Waals surface area contributed by atoms with Gasteiger partial charge in [-0.1, -0.05) is 43.8 Å². The summed E-state index contributed by atoms with van der Waals surface area (Å²) >= 11 is 0. The number of ether oxygens (including phenoxy) is 3. The second-order valence-electron chi connectivity index (χ2n) is 8.96. The van der Waals surface area contributed by atoms with Crippen molar-refractivity contribution in [2.45, 2.75) is 90.7 Å². The van der Waals surface area contributed by atoms with Gasteiger partial charge in [-0.2, -0.15) is 0 Å². The summed E-state index contributed by atoms with van der Waals surface area (Å²) in [5, 5.41) is 3.24. The highest BCUT2D eigenvalue weighted by Crippen LogP contribution is 2.42. The first-order valence-corrected chi connectivity index (χ1v) is 11.8. The lowest BCUT2D eigenvalue weighted by Gasteiger charge is -2.21. The van der Waals surface area contributed by atoms with Gasteiger partial charge in [0.25, 0.3) is 0 Å². The molecule has 1 heterocycles. The smallest absolute Gasteiger partial charge is 0.342 e. The number of cyclic esters (lactones) is 1. The summed E-state index contributed by atoms with van der Waals surface area (Å²) in [5.41, 5.74) is 4.21. The Bertz CT molecular complexity index is 866. The number of hydrogen-bond acceptors (Lipinski definition) is 5. The van der Waals surface area contributed by atoms with Gasteiger partial charge >= 0.3 is 5.97 Å². The van der Waals surface area contributed by atoms with Crippen molar-refractivity contribution in [2.24, 2.45) is 0 Å². The number of esters is 1. The SMILES string of the molecule is COc1c(C)c2c(c(OC)c1CC=C(C)CCC(=O)NC1CCCCCCC1)C(=O)OC2. The van der Waals surface area contributed by atoms with Gasteiger partial charge in [0.2, 0.25) is 5.91 Å². The predicted octanol–water partition coefficient (Wildman–Crippen LogP) is 5.18. The molecule has 1 fully saturated rings. The lowest BCUT2D eigenvalue weighted by Crippen LogP contribution is -2.35. The van der Waals surface area contributed by atoms with Crippen LogP contribution in [0.4, 0.5) is 0 Å². The largest absolute Gasteiger partial charge is 0.496 e. The van der Waals surface area contributed by atoms with Crippen LogP contribution in [0.25, 0.3) is 0 Å². The molecule has 0 unspecified atom stereocenters. The van der Waals surface area contributed by atoms with Crippen LogP contribution >= 0.6 is 0 Å². The molecule has 0 bridgehead atoms. The van der Waals surface area contributed by atoms with Crippen LogP contribution < -0.4 is 14.8 Å². The van der Waals surface area contributed by atoms with Gasteiger partial charge in [-0.3, -0.25) is 4.79 Å². The molecule has 1 aromatic rings. The van der Waals surface area contributed by atoms with Gasteiger partial charge in [0.1, 0.15) is 23.7 Å². The molecule has 1 saturated carbocycles. The van der Waals surface area contributed by atoms with Crippen molar-refractivity contribution in [3.05, 3.63) is 33.9 Å². The summed E-state index contributed by atoms with van der Waals surface area (Å²) in [5.74, 6) is 1.03. The first-order chi connectivity index (χ1) is 15.5. The van der Waals surface area contributed by atoms with E-state index in [1.165, 1.54) is 32.1 Å². The molecule has 32 heavy (non-hydrogen) atoms. The number of fused-ring (bicyclic) bond motifs is 1. The number of methoxy groups -OCH3 is 2. The number of hydrogen-bond donors (Lipinski definition) is 1. The van der Waals surface area contributed by atoms with Crippen LogP contribution in [0.5, 0.6) is 11.5 Å². The Labute approximate surface area is 191 Å².